The van der Waals surface area contributed by atoms with Crippen LogP contribution in [-0.2, 0) is 0 Å². The number of aliphatic hydroxyl groups is 1. The number of aromatic nitrogens is 2. The van der Waals surface area contributed by atoms with Gasteiger partial charge in [0.1, 0.15) is 5.82 Å². The van der Waals surface area contributed by atoms with Gasteiger partial charge in [-0.1, -0.05) is 6.07 Å². The summed E-state index contributed by atoms with van der Waals surface area (Å²) in [6.07, 6.45) is 0.481. The van der Waals surface area contributed by atoms with Crippen LogP contribution < -0.4 is 5.32 Å². The lowest BCUT2D eigenvalue weighted by molar-refractivity contribution is 0.0929. The Balaban J connectivity index is 2.21. The maximum Gasteiger partial charge on any atom is 0.272 e. The number of nitrogens with one attached hydrogen (secondary N) is 1. The third-order valence-corrected chi connectivity index (χ3v) is 3.11. The van der Waals surface area contributed by atoms with Crippen molar-refractivity contribution in [2.45, 2.75) is 26.3 Å². The zero-order chi connectivity index (χ0) is 15.4. The van der Waals surface area contributed by atoms with Gasteiger partial charge in [0.2, 0.25) is 0 Å². The highest BCUT2D eigenvalue weighted by molar-refractivity contribution is 5.92. The van der Waals surface area contributed by atoms with Crippen molar-refractivity contribution in [2.24, 2.45) is 0 Å². The number of amides is 1. The molecule has 1 heterocycles. The SMILES string of the molecule is Cc1cc(C(=O)NC(C)CCO)nn1-c1cccc(F)c1. The van der Waals surface area contributed by atoms with E-state index in [1.54, 1.807) is 25.1 Å². The van der Waals surface area contributed by atoms with E-state index in [4.69, 9.17) is 5.11 Å². The van der Waals surface area contributed by atoms with Gasteiger partial charge < -0.3 is 10.4 Å². The maximum absolute atomic E-state index is 13.3. The van der Waals surface area contributed by atoms with Crippen LogP contribution in [0.2, 0.25) is 0 Å². The van der Waals surface area contributed by atoms with Crippen LogP contribution in [0.25, 0.3) is 5.69 Å². The van der Waals surface area contributed by atoms with Crippen LogP contribution in [0, 0.1) is 12.7 Å². The molecule has 0 radical (unpaired) electrons. The van der Waals surface area contributed by atoms with E-state index in [-0.39, 0.29) is 30.1 Å². The standard InChI is InChI=1S/C15H18FN3O2/c1-10(6-7-20)17-15(21)14-8-11(2)19(18-14)13-5-3-4-12(16)9-13/h3-5,8-10,20H,6-7H2,1-2H3,(H,17,21). The Hall–Kier alpha value is -2.21. The van der Waals surface area contributed by atoms with E-state index in [2.05, 4.69) is 10.4 Å². The minimum atomic E-state index is -0.357. The Labute approximate surface area is 122 Å². The fourth-order valence-electron chi connectivity index (χ4n) is 2.02. The van der Waals surface area contributed by atoms with Gasteiger partial charge in [-0.15, -0.1) is 0 Å². The minimum absolute atomic E-state index is 0.0121. The molecule has 0 fully saturated rings. The van der Waals surface area contributed by atoms with Crippen molar-refractivity contribution in [1.29, 1.82) is 0 Å². The Morgan fingerprint density at radius 3 is 2.90 bits per heavy atom. The van der Waals surface area contributed by atoms with E-state index in [0.717, 1.165) is 5.69 Å². The quantitative estimate of drug-likeness (QED) is 0.883. The first kappa shape index (κ1) is 15.2. The molecule has 0 spiro atoms. The number of hydrogen-bond donors (Lipinski definition) is 2. The highest BCUT2D eigenvalue weighted by atomic mass is 19.1. The second-order valence-corrected chi connectivity index (χ2v) is 4.95. The topological polar surface area (TPSA) is 67.2 Å². The van der Waals surface area contributed by atoms with Gasteiger partial charge in [0, 0.05) is 18.3 Å². The van der Waals surface area contributed by atoms with E-state index >= 15 is 0 Å². The molecule has 0 aliphatic heterocycles. The summed E-state index contributed by atoms with van der Waals surface area (Å²) in [6.45, 7) is 3.62. The predicted octanol–water partition coefficient (Wildman–Crippen LogP) is 1.82. The first-order valence-electron chi connectivity index (χ1n) is 6.75. The third-order valence-electron chi connectivity index (χ3n) is 3.11. The van der Waals surface area contributed by atoms with Gasteiger partial charge in [0.15, 0.2) is 5.69 Å². The molecule has 1 amide bonds. The number of rotatable bonds is 5. The van der Waals surface area contributed by atoms with Crippen molar-refractivity contribution in [3.63, 3.8) is 0 Å². The summed E-state index contributed by atoms with van der Waals surface area (Å²) < 4.78 is 14.8. The van der Waals surface area contributed by atoms with E-state index in [9.17, 15) is 9.18 Å². The number of nitrogens with zero attached hydrogens (tertiary/aromatic N) is 2. The highest BCUT2D eigenvalue weighted by Crippen LogP contribution is 2.13. The summed E-state index contributed by atoms with van der Waals surface area (Å²) in [5.74, 6) is -0.667. The molecule has 5 nitrogen and oxygen atoms in total. The molecular weight excluding hydrogens is 273 g/mol. The molecule has 0 aliphatic carbocycles. The molecule has 2 N–H and O–H groups in total. The molecule has 0 saturated carbocycles. The molecule has 1 aromatic carbocycles. The lowest BCUT2D eigenvalue weighted by atomic mass is 10.2. The van der Waals surface area contributed by atoms with E-state index < -0.39 is 0 Å². The zero-order valence-corrected chi connectivity index (χ0v) is 12.0. The van der Waals surface area contributed by atoms with Crippen molar-refractivity contribution < 1.29 is 14.3 Å². The van der Waals surface area contributed by atoms with Gasteiger partial charge in [-0.3, -0.25) is 4.79 Å². The molecule has 1 unspecified atom stereocenters. The summed E-state index contributed by atoms with van der Waals surface area (Å²) >= 11 is 0. The largest absolute Gasteiger partial charge is 0.396 e. The highest BCUT2D eigenvalue weighted by Gasteiger charge is 2.15. The van der Waals surface area contributed by atoms with Gasteiger partial charge in [0.25, 0.3) is 5.91 Å². The van der Waals surface area contributed by atoms with E-state index in [1.807, 2.05) is 6.92 Å². The predicted molar refractivity (Wildman–Crippen MR) is 76.9 cm³/mol. The van der Waals surface area contributed by atoms with Crippen molar-refractivity contribution in [3.8, 4) is 5.69 Å². The molecule has 6 heteroatoms. The summed E-state index contributed by atoms with van der Waals surface area (Å²) in [6, 6.07) is 7.53. The lowest BCUT2D eigenvalue weighted by Crippen LogP contribution is -2.33. The van der Waals surface area contributed by atoms with Crippen LogP contribution in [0.15, 0.2) is 30.3 Å². The van der Waals surface area contributed by atoms with Crippen LogP contribution in [-0.4, -0.2) is 33.4 Å². The maximum atomic E-state index is 13.3. The number of carbonyl (C=O) groups is 1. The van der Waals surface area contributed by atoms with Crippen LogP contribution in [0.5, 0.6) is 0 Å². The first-order chi connectivity index (χ1) is 10.0. The van der Waals surface area contributed by atoms with Crippen molar-refractivity contribution in [2.75, 3.05) is 6.61 Å². The Morgan fingerprint density at radius 1 is 1.48 bits per heavy atom. The van der Waals surface area contributed by atoms with Crippen molar-refractivity contribution in [1.82, 2.24) is 15.1 Å². The fourth-order valence-corrected chi connectivity index (χ4v) is 2.02. The molecule has 21 heavy (non-hydrogen) atoms. The second kappa shape index (κ2) is 6.49. The van der Waals surface area contributed by atoms with Crippen LogP contribution in [0.3, 0.4) is 0 Å². The monoisotopic (exact) mass is 291 g/mol. The number of aliphatic hydroxyl groups excluding tert-OH is 1. The Bertz CT molecular complexity index is 640. The minimum Gasteiger partial charge on any atom is -0.396 e. The Kier molecular flexibility index (Phi) is 4.70. The Morgan fingerprint density at radius 2 is 2.24 bits per heavy atom. The van der Waals surface area contributed by atoms with Gasteiger partial charge in [0.05, 0.1) is 5.69 Å². The number of benzene rings is 1. The first-order valence-corrected chi connectivity index (χ1v) is 6.75. The number of hydrogen-bond acceptors (Lipinski definition) is 3. The zero-order valence-electron chi connectivity index (χ0n) is 12.0. The summed E-state index contributed by atoms with van der Waals surface area (Å²) in [5, 5.41) is 15.8. The van der Waals surface area contributed by atoms with Gasteiger partial charge >= 0.3 is 0 Å². The van der Waals surface area contributed by atoms with E-state index in [0.29, 0.717) is 12.1 Å². The van der Waals surface area contributed by atoms with Crippen LogP contribution >= 0.6 is 0 Å². The molecule has 1 aromatic heterocycles. The molecule has 112 valence electrons. The van der Waals surface area contributed by atoms with Gasteiger partial charge in [-0.05, 0) is 44.5 Å². The summed E-state index contributed by atoms with van der Waals surface area (Å²) in [4.78, 5) is 12.1. The summed E-state index contributed by atoms with van der Waals surface area (Å²) in [5.41, 5.74) is 1.57. The van der Waals surface area contributed by atoms with E-state index in [1.165, 1.54) is 16.8 Å². The molecule has 0 aliphatic rings. The molecule has 0 bridgehead atoms. The fraction of sp³-hybridized carbons (Fsp3) is 0.333. The lowest BCUT2D eigenvalue weighted by Gasteiger charge is -2.10. The average Bonchev–Trinajstić information content (AvgIpc) is 2.81. The second-order valence-electron chi connectivity index (χ2n) is 4.95. The molecule has 2 rings (SSSR count). The van der Waals surface area contributed by atoms with Gasteiger partial charge in [-0.25, -0.2) is 9.07 Å². The number of halogens is 1. The molecule has 2 aromatic rings. The summed E-state index contributed by atoms with van der Waals surface area (Å²) in [7, 11) is 0. The third kappa shape index (κ3) is 3.66. The number of aryl methyl sites for hydroxylation is 1. The molecule has 1 atom stereocenters. The molecule has 0 saturated heterocycles. The van der Waals surface area contributed by atoms with Crippen LogP contribution in [0.1, 0.15) is 29.5 Å². The van der Waals surface area contributed by atoms with Crippen molar-refractivity contribution in [3.05, 3.63) is 47.5 Å². The molecular formula is C15H18FN3O2. The van der Waals surface area contributed by atoms with Gasteiger partial charge in [-0.2, -0.15) is 5.10 Å². The average molecular weight is 291 g/mol. The van der Waals surface area contributed by atoms with Crippen LogP contribution in [0.4, 0.5) is 4.39 Å². The van der Waals surface area contributed by atoms with Crippen molar-refractivity contribution >= 4 is 5.91 Å². The number of carbonyl (C=O) groups excluding carboxylic acids is 1. The normalized spacial score (nSPS) is 12.2. The smallest absolute Gasteiger partial charge is 0.272 e.